The van der Waals surface area contributed by atoms with Crippen LogP contribution in [0, 0.1) is 0 Å². The minimum absolute atomic E-state index is 0.0610. The summed E-state index contributed by atoms with van der Waals surface area (Å²) in [5, 5.41) is 10.5. The third-order valence-corrected chi connectivity index (χ3v) is 3.55. The molecule has 0 unspecified atom stereocenters. The SMILES string of the molecule is CS(=O)(=O)Nc1cnn(CC(=O)NCCN2CCOCC2)n1. The normalized spacial score (nSPS) is 16.4. The van der Waals surface area contributed by atoms with Crippen LogP contribution in [0.25, 0.3) is 0 Å². The summed E-state index contributed by atoms with van der Waals surface area (Å²) in [5.74, 6) is -0.140. The number of aromatic nitrogens is 3. The van der Waals surface area contributed by atoms with Crippen LogP contribution in [0.5, 0.6) is 0 Å². The van der Waals surface area contributed by atoms with Crippen molar-refractivity contribution in [1.29, 1.82) is 0 Å². The Labute approximate surface area is 128 Å². The molecule has 10 nitrogen and oxygen atoms in total. The van der Waals surface area contributed by atoms with Crippen molar-refractivity contribution < 1.29 is 17.9 Å². The van der Waals surface area contributed by atoms with Gasteiger partial charge in [-0.15, -0.1) is 5.10 Å². The highest BCUT2D eigenvalue weighted by Gasteiger charge is 2.11. The van der Waals surface area contributed by atoms with E-state index in [1.165, 1.54) is 6.20 Å². The molecule has 2 heterocycles. The molecule has 0 aromatic carbocycles. The number of carbonyl (C=O) groups is 1. The molecule has 22 heavy (non-hydrogen) atoms. The molecule has 0 radical (unpaired) electrons. The van der Waals surface area contributed by atoms with Crippen LogP contribution in [-0.2, 0) is 26.1 Å². The van der Waals surface area contributed by atoms with E-state index in [4.69, 9.17) is 4.74 Å². The lowest BCUT2D eigenvalue weighted by atomic mass is 10.4. The van der Waals surface area contributed by atoms with Gasteiger partial charge < -0.3 is 10.1 Å². The molecular weight excluding hydrogens is 312 g/mol. The predicted molar refractivity (Wildman–Crippen MR) is 78.8 cm³/mol. The number of ether oxygens (including phenoxy) is 1. The first-order chi connectivity index (χ1) is 10.4. The first-order valence-electron chi connectivity index (χ1n) is 6.87. The highest BCUT2D eigenvalue weighted by molar-refractivity contribution is 7.92. The maximum absolute atomic E-state index is 11.8. The first kappa shape index (κ1) is 16.6. The lowest BCUT2D eigenvalue weighted by molar-refractivity contribution is -0.122. The number of carbonyl (C=O) groups excluding carboxylic acids is 1. The third kappa shape index (κ3) is 5.95. The van der Waals surface area contributed by atoms with Gasteiger partial charge in [-0.1, -0.05) is 0 Å². The number of anilines is 1. The molecule has 0 saturated carbocycles. The van der Waals surface area contributed by atoms with Gasteiger partial charge in [0.1, 0.15) is 6.54 Å². The van der Waals surface area contributed by atoms with E-state index in [-0.39, 0.29) is 18.3 Å². The van der Waals surface area contributed by atoms with Crippen molar-refractivity contribution in [3.8, 4) is 0 Å². The Morgan fingerprint density at radius 1 is 1.41 bits per heavy atom. The van der Waals surface area contributed by atoms with Crippen LogP contribution < -0.4 is 10.0 Å². The Hall–Kier alpha value is -1.72. The molecule has 2 rings (SSSR count). The van der Waals surface area contributed by atoms with Crippen molar-refractivity contribution in [2.24, 2.45) is 0 Å². The first-order valence-corrected chi connectivity index (χ1v) is 8.76. The van der Waals surface area contributed by atoms with Gasteiger partial charge in [-0.3, -0.25) is 14.4 Å². The second kappa shape index (κ2) is 7.51. The Morgan fingerprint density at radius 2 is 2.14 bits per heavy atom. The zero-order valence-electron chi connectivity index (χ0n) is 12.4. The van der Waals surface area contributed by atoms with Crippen molar-refractivity contribution in [1.82, 2.24) is 25.2 Å². The van der Waals surface area contributed by atoms with Crippen molar-refractivity contribution in [3.63, 3.8) is 0 Å². The lowest BCUT2D eigenvalue weighted by Crippen LogP contribution is -2.41. The summed E-state index contributed by atoms with van der Waals surface area (Å²) in [6.07, 6.45) is 2.27. The number of nitrogens with zero attached hydrogens (tertiary/aromatic N) is 4. The van der Waals surface area contributed by atoms with Gasteiger partial charge in [-0.2, -0.15) is 9.90 Å². The smallest absolute Gasteiger partial charge is 0.243 e. The number of sulfonamides is 1. The fourth-order valence-corrected chi connectivity index (χ4v) is 2.45. The lowest BCUT2D eigenvalue weighted by Gasteiger charge is -2.26. The van der Waals surface area contributed by atoms with Crippen LogP contribution in [0.15, 0.2) is 6.20 Å². The minimum Gasteiger partial charge on any atom is -0.379 e. The maximum Gasteiger partial charge on any atom is 0.243 e. The molecule has 2 N–H and O–H groups in total. The van der Waals surface area contributed by atoms with Gasteiger partial charge in [0.2, 0.25) is 15.9 Å². The van der Waals surface area contributed by atoms with E-state index in [0.717, 1.165) is 43.9 Å². The van der Waals surface area contributed by atoms with Gasteiger partial charge in [-0.05, 0) is 0 Å². The van der Waals surface area contributed by atoms with Gasteiger partial charge in [0.15, 0.2) is 5.82 Å². The molecule has 1 aromatic heterocycles. The number of amides is 1. The maximum atomic E-state index is 11.8. The molecule has 1 amide bonds. The summed E-state index contributed by atoms with van der Waals surface area (Å²) in [6.45, 7) is 4.43. The fourth-order valence-electron chi connectivity index (χ4n) is 1.97. The summed E-state index contributed by atoms with van der Waals surface area (Å²) in [6, 6.07) is 0. The second-order valence-corrected chi connectivity index (χ2v) is 6.69. The summed E-state index contributed by atoms with van der Waals surface area (Å²) in [7, 11) is -3.40. The van der Waals surface area contributed by atoms with Gasteiger partial charge in [0.25, 0.3) is 0 Å². The standard InChI is InChI=1S/C11H20N6O4S/c1-22(19,20)15-10-8-13-17(14-10)9-11(18)12-2-3-16-4-6-21-7-5-16/h8H,2-7,9H2,1H3,(H,12,18)(H,14,15). The zero-order chi connectivity index (χ0) is 16.0. The molecule has 0 bridgehead atoms. The quantitative estimate of drug-likeness (QED) is 0.598. The Kier molecular flexibility index (Phi) is 5.69. The van der Waals surface area contributed by atoms with Crippen molar-refractivity contribution in [2.45, 2.75) is 6.54 Å². The topological polar surface area (TPSA) is 118 Å². The molecule has 1 saturated heterocycles. The molecule has 0 spiro atoms. The van der Waals surface area contributed by atoms with E-state index in [1.54, 1.807) is 0 Å². The van der Waals surface area contributed by atoms with Crippen LogP contribution >= 0.6 is 0 Å². The zero-order valence-corrected chi connectivity index (χ0v) is 13.2. The summed E-state index contributed by atoms with van der Waals surface area (Å²) >= 11 is 0. The number of hydrogen-bond donors (Lipinski definition) is 2. The highest BCUT2D eigenvalue weighted by atomic mass is 32.2. The third-order valence-electron chi connectivity index (χ3n) is 2.97. The number of rotatable bonds is 7. The largest absolute Gasteiger partial charge is 0.379 e. The van der Waals surface area contributed by atoms with Crippen molar-refractivity contribution >= 4 is 21.7 Å². The molecule has 1 aromatic rings. The van der Waals surface area contributed by atoms with E-state index in [9.17, 15) is 13.2 Å². The average Bonchev–Trinajstić information content (AvgIpc) is 2.84. The van der Waals surface area contributed by atoms with Crippen LogP contribution in [-0.4, -0.2) is 79.9 Å². The Balaban J connectivity index is 1.70. The number of hydrogen-bond acceptors (Lipinski definition) is 7. The van der Waals surface area contributed by atoms with Gasteiger partial charge >= 0.3 is 0 Å². The predicted octanol–water partition coefficient (Wildman–Crippen LogP) is -1.90. The molecule has 1 aliphatic heterocycles. The number of morpholine rings is 1. The summed E-state index contributed by atoms with van der Waals surface area (Å²) < 4.78 is 29.5. The van der Waals surface area contributed by atoms with Crippen molar-refractivity contribution in [3.05, 3.63) is 6.20 Å². The van der Waals surface area contributed by atoms with Crippen LogP contribution in [0.4, 0.5) is 5.82 Å². The summed E-state index contributed by atoms with van der Waals surface area (Å²) in [4.78, 5) is 15.1. The van der Waals surface area contributed by atoms with E-state index in [0.29, 0.717) is 6.54 Å². The molecule has 1 aliphatic rings. The number of nitrogens with one attached hydrogen (secondary N) is 2. The van der Waals surface area contributed by atoms with Crippen LogP contribution in [0.3, 0.4) is 0 Å². The monoisotopic (exact) mass is 332 g/mol. The van der Waals surface area contributed by atoms with Crippen molar-refractivity contribution in [2.75, 3.05) is 50.4 Å². The van der Waals surface area contributed by atoms with Gasteiger partial charge in [0, 0.05) is 26.2 Å². The van der Waals surface area contributed by atoms with E-state index >= 15 is 0 Å². The van der Waals surface area contributed by atoms with Crippen LogP contribution in [0.2, 0.25) is 0 Å². The molecule has 11 heteroatoms. The molecule has 1 fully saturated rings. The highest BCUT2D eigenvalue weighted by Crippen LogP contribution is 2.01. The molecule has 0 atom stereocenters. The molecular formula is C11H20N6O4S. The van der Waals surface area contributed by atoms with E-state index in [2.05, 4.69) is 25.1 Å². The van der Waals surface area contributed by atoms with Crippen LogP contribution in [0.1, 0.15) is 0 Å². The average molecular weight is 332 g/mol. The van der Waals surface area contributed by atoms with E-state index < -0.39 is 10.0 Å². The Morgan fingerprint density at radius 3 is 2.82 bits per heavy atom. The summed E-state index contributed by atoms with van der Waals surface area (Å²) in [5.41, 5.74) is 0. The van der Waals surface area contributed by atoms with E-state index in [1.807, 2.05) is 0 Å². The second-order valence-electron chi connectivity index (χ2n) is 4.94. The molecule has 124 valence electrons. The molecule has 0 aliphatic carbocycles. The Bertz CT molecular complexity index is 595. The minimum atomic E-state index is -3.40. The van der Waals surface area contributed by atoms with Gasteiger partial charge in [-0.25, -0.2) is 8.42 Å². The van der Waals surface area contributed by atoms with Gasteiger partial charge in [0.05, 0.1) is 25.7 Å². The fraction of sp³-hybridized carbons (Fsp3) is 0.727.